The first-order valence-electron chi connectivity index (χ1n) is 7.17. The normalized spacial score (nSPS) is 10.3. The third-order valence-electron chi connectivity index (χ3n) is 3.49. The highest BCUT2D eigenvalue weighted by Gasteiger charge is 2.24. The largest absolute Gasteiger partial charge is 0.383 e. The van der Waals surface area contributed by atoms with Crippen molar-refractivity contribution in [3.63, 3.8) is 0 Å². The summed E-state index contributed by atoms with van der Waals surface area (Å²) in [6, 6.07) is 16.7. The Balaban J connectivity index is 2.18. The molecular formula is C18H13N3O3. The van der Waals surface area contributed by atoms with Crippen LogP contribution in [0.15, 0.2) is 65.5 Å². The summed E-state index contributed by atoms with van der Waals surface area (Å²) in [4.78, 5) is 43.0. The molecule has 6 heteroatoms. The smallest absolute Gasteiger partial charge is 0.347 e. The first kappa shape index (κ1) is 15.4. The van der Waals surface area contributed by atoms with Gasteiger partial charge in [-0.05, 0) is 0 Å². The highest BCUT2D eigenvalue weighted by molar-refractivity contribution is 6.20. The predicted molar refractivity (Wildman–Crippen MR) is 89.0 cm³/mol. The number of carbonyl (C=O) groups excluding carboxylic acids is 2. The number of nitrogens with zero attached hydrogens (tertiary/aromatic N) is 1. The van der Waals surface area contributed by atoms with Crippen molar-refractivity contribution in [3.8, 4) is 0 Å². The van der Waals surface area contributed by atoms with Crippen LogP contribution < -0.4 is 11.4 Å². The molecule has 3 aromatic rings. The van der Waals surface area contributed by atoms with E-state index in [0.717, 1.165) is 0 Å². The maximum absolute atomic E-state index is 12.7. The monoisotopic (exact) mass is 319 g/mol. The average Bonchev–Trinajstić information content (AvgIpc) is 2.61. The third-order valence-corrected chi connectivity index (χ3v) is 3.49. The summed E-state index contributed by atoms with van der Waals surface area (Å²) < 4.78 is 0. The fourth-order valence-corrected chi connectivity index (χ4v) is 2.36. The number of H-pyrrole nitrogens is 1. The van der Waals surface area contributed by atoms with Gasteiger partial charge in [0.2, 0.25) is 5.78 Å². The quantitative estimate of drug-likeness (QED) is 0.713. The molecule has 0 aliphatic rings. The molecule has 0 fully saturated rings. The van der Waals surface area contributed by atoms with E-state index in [1.807, 2.05) is 0 Å². The van der Waals surface area contributed by atoms with Gasteiger partial charge in [-0.15, -0.1) is 0 Å². The van der Waals surface area contributed by atoms with Crippen molar-refractivity contribution in [2.24, 2.45) is 0 Å². The van der Waals surface area contributed by atoms with Gasteiger partial charge in [0.25, 0.3) is 0 Å². The minimum Gasteiger partial charge on any atom is -0.383 e. The van der Waals surface area contributed by atoms with Gasteiger partial charge in [-0.1, -0.05) is 60.7 Å². The molecule has 0 radical (unpaired) electrons. The Morgan fingerprint density at radius 1 is 0.833 bits per heavy atom. The summed E-state index contributed by atoms with van der Waals surface area (Å²) in [6.45, 7) is 0. The Bertz CT molecular complexity index is 964. The molecule has 6 nitrogen and oxygen atoms in total. The summed E-state index contributed by atoms with van der Waals surface area (Å²) in [5, 5.41) is 0. The molecule has 1 heterocycles. The van der Waals surface area contributed by atoms with Gasteiger partial charge < -0.3 is 10.7 Å². The van der Waals surface area contributed by atoms with Crippen molar-refractivity contribution >= 4 is 17.4 Å². The second-order valence-electron chi connectivity index (χ2n) is 5.07. The molecule has 24 heavy (non-hydrogen) atoms. The number of nitrogens with two attached hydrogens (primary N) is 1. The second-order valence-corrected chi connectivity index (χ2v) is 5.07. The van der Waals surface area contributed by atoms with E-state index in [0.29, 0.717) is 11.1 Å². The average molecular weight is 319 g/mol. The lowest BCUT2D eigenvalue weighted by Gasteiger charge is -2.09. The number of nitrogen functional groups attached to an aromatic ring is 1. The van der Waals surface area contributed by atoms with E-state index >= 15 is 0 Å². The Kier molecular flexibility index (Phi) is 4.03. The number of aromatic amines is 1. The highest BCUT2D eigenvalue weighted by Crippen LogP contribution is 2.19. The lowest BCUT2D eigenvalue weighted by Crippen LogP contribution is -2.24. The van der Waals surface area contributed by atoms with Gasteiger partial charge in [-0.2, -0.15) is 4.98 Å². The summed E-state index contributed by atoms with van der Waals surface area (Å²) in [7, 11) is 0. The van der Waals surface area contributed by atoms with Crippen molar-refractivity contribution < 1.29 is 9.59 Å². The van der Waals surface area contributed by atoms with Crippen LogP contribution in [0.5, 0.6) is 0 Å². The highest BCUT2D eigenvalue weighted by atomic mass is 16.1. The molecule has 118 valence electrons. The summed E-state index contributed by atoms with van der Waals surface area (Å²) in [6.07, 6.45) is 0. The molecule has 0 bridgehead atoms. The van der Waals surface area contributed by atoms with Crippen LogP contribution in [-0.4, -0.2) is 21.5 Å². The van der Waals surface area contributed by atoms with Gasteiger partial charge in [-0.3, -0.25) is 9.59 Å². The molecule has 3 rings (SSSR count). The van der Waals surface area contributed by atoms with Crippen LogP contribution in [0, 0.1) is 0 Å². The van der Waals surface area contributed by atoms with Crippen LogP contribution >= 0.6 is 0 Å². The maximum atomic E-state index is 12.7. The minimum absolute atomic E-state index is 0.102. The Hall–Kier alpha value is -3.54. The zero-order valence-electron chi connectivity index (χ0n) is 12.5. The van der Waals surface area contributed by atoms with E-state index in [-0.39, 0.29) is 17.1 Å². The van der Waals surface area contributed by atoms with Crippen molar-refractivity contribution in [1.82, 2.24) is 9.97 Å². The maximum Gasteiger partial charge on any atom is 0.347 e. The predicted octanol–water partition coefficient (Wildman–Crippen LogP) is 1.81. The molecule has 0 saturated heterocycles. The number of hydrogen-bond acceptors (Lipinski definition) is 5. The van der Waals surface area contributed by atoms with E-state index in [1.165, 1.54) is 0 Å². The third kappa shape index (κ3) is 2.85. The zero-order valence-corrected chi connectivity index (χ0v) is 12.5. The minimum atomic E-state index is -0.781. The topological polar surface area (TPSA) is 106 Å². The van der Waals surface area contributed by atoms with Crippen LogP contribution in [0.25, 0.3) is 0 Å². The molecule has 0 amide bonds. The molecule has 3 N–H and O–H groups in total. The van der Waals surface area contributed by atoms with E-state index in [2.05, 4.69) is 9.97 Å². The fraction of sp³-hybridized carbons (Fsp3) is 0. The van der Waals surface area contributed by atoms with Gasteiger partial charge in [0.1, 0.15) is 11.5 Å². The number of rotatable bonds is 4. The molecule has 0 atom stereocenters. The van der Waals surface area contributed by atoms with Crippen LogP contribution in [0.2, 0.25) is 0 Å². The Morgan fingerprint density at radius 3 is 1.88 bits per heavy atom. The lowest BCUT2D eigenvalue weighted by molar-refractivity contribution is 0.0999. The molecule has 2 aromatic carbocycles. The summed E-state index contributed by atoms with van der Waals surface area (Å²) in [5.41, 5.74) is 5.41. The zero-order chi connectivity index (χ0) is 17.1. The Morgan fingerprint density at radius 2 is 1.33 bits per heavy atom. The lowest BCUT2D eigenvalue weighted by atomic mass is 9.98. The number of ketones is 2. The number of aromatic nitrogens is 2. The second kappa shape index (κ2) is 6.29. The van der Waals surface area contributed by atoms with Crippen LogP contribution in [0.4, 0.5) is 5.82 Å². The van der Waals surface area contributed by atoms with Crippen LogP contribution in [0.1, 0.15) is 32.0 Å². The molecular weight excluding hydrogens is 306 g/mol. The van der Waals surface area contributed by atoms with Gasteiger partial charge in [0, 0.05) is 11.1 Å². The van der Waals surface area contributed by atoms with Crippen molar-refractivity contribution in [1.29, 1.82) is 0 Å². The molecule has 0 saturated carbocycles. The van der Waals surface area contributed by atoms with Gasteiger partial charge in [-0.25, -0.2) is 4.79 Å². The molecule has 0 aliphatic heterocycles. The summed E-state index contributed by atoms with van der Waals surface area (Å²) in [5.74, 6) is -1.25. The number of benzene rings is 2. The first-order chi connectivity index (χ1) is 11.6. The first-order valence-corrected chi connectivity index (χ1v) is 7.17. The fourth-order valence-electron chi connectivity index (χ4n) is 2.36. The van der Waals surface area contributed by atoms with Crippen LogP contribution in [0.3, 0.4) is 0 Å². The van der Waals surface area contributed by atoms with Crippen molar-refractivity contribution in [3.05, 3.63) is 93.5 Å². The molecule has 0 unspecified atom stereocenters. The summed E-state index contributed by atoms with van der Waals surface area (Å²) >= 11 is 0. The SMILES string of the molecule is Nc1nc(=O)[nH]c(C(=O)c2ccccc2)c1C(=O)c1ccccc1. The van der Waals surface area contributed by atoms with Crippen molar-refractivity contribution in [2.45, 2.75) is 0 Å². The number of anilines is 1. The van der Waals surface area contributed by atoms with E-state index < -0.39 is 17.3 Å². The standard InChI is InChI=1S/C18H13N3O3/c19-17-13(15(22)11-7-3-1-4-8-11)14(20-18(24)21-17)16(23)12-9-5-2-6-10-12/h1-10H,(H3,19,20,21,24). The van der Waals surface area contributed by atoms with Gasteiger partial charge in [0.15, 0.2) is 5.78 Å². The number of carbonyl (C=O) groups is 2. The van der Waals surface area contributed by atoms with Crippen molar-refractivity contribution in [2.75, 3.05) is 5.73 Å². The molecule has 1 aromatic heterocycles. The number of nitrogens with one attached hydrogen (secondary N) is 1. The Labute approximate surface area is 137 Å². The van der Waals surface area contributed by atoms with Gasteiger partial charge in [0.05, 0.1) is 5.56 Å². The number of hydrogen-bond donors (Lipinski definition) is 2. The molecule has 0 aliphatic carbocycles. The van der Waals surface area contributed by atoms with Crippen LogP contribution in [-0.2, 0) is 0 Å². The molecule has 0 spiro atoms. The van der Waals surface area contributed by atoms with E-state index in [1.54, 1.807) is 60.7 Å². The van der Waals surface area contributed by atoms with Gasteiger partial charge >= 0.3 is 5.69 Å². The van der Waals surface area contributed by atoms with E-state index in [4.69, 9.17) is 5.73 Å². The van der Waals surface area contributed by atoms with E-state index in [9.17, 15) is 14.4 Å².